The lowest BCUT2D eigenvalue weighted by atomic mass is 9.89. The molecule has 5 nitrogen and oxygen atoms in total. The van der Waals surface area contributed by atoms with E-state index in [1.165, 1.54) is 4.90 Å². The van der Waals surface area contributed by atoms with Gasteiger partial charge in [-0.25, -0.2) is 4.79 Å². The Balaban J connectivity index is 2.32. The Morgan fingerprint density at radius 2 is 2.16 bits per heavy atom. The molecule has 0 radical (unpaired) electrons. The maximum Gasteiger partial charge on any atom is 0.407 e. The van der Waals surface area contributed by atoms with Gasteiger partial charge in [-0.2, -0.15) is 5.26 Å². The summed E-state index contributed by atoms with van der Waals surface area (Å²) in [7, 11) is 0. The summed E-state index contributed by atoms with van der Waals surface area (Å²) >= 11 is 0. The molecule has 102 valence electrons. The standard InChI is InChI=1S/C14H19N3O2/c1-14(2,3)17-11(8-15)5-4-10-9-16(13(18)19)7-6-12(10)17/h4-5,12H,6-7,9H2,1-3H3,(H,18,19). The van der Waals surface area contributed by atoms with Crippen molar-refractivity contribution in [3.8, 4) is 6.07 Å². The number of nitrogens with zero attached hydrogens (tertiary/aromatic N) is 3. The molecule has 1 amide bonds. The first kappa shape index (κ1) is 13.5. The molecule has 1 saturated heterocycles. The topological polar surface area (TPSA) is 67.6 Å². The van der Waals surface area contributed by atoms with E-state index in [2.05, 4.69) is 31.7 Å². The molecule has 1 atom stereocenters. The maximum absolute atomic E-state index is 11.0. The maximum atomic E-state index is 11.0. The van der Waals surface area contributed by atoms with Crippen LogP contribution in [0.25, 0.3) is 0 Å². The Hall–Kier alpha value is -1.96. The quantitative estimate of drug-likeness (QED) is 0.725. The van der Waals surface area contributed by atoms with Gasteiger partial charge in [-0.3, -0.25) is 0 Å². The fraction of sp³-hybridized carbons (Fsp3) is 0.571. The third-order valence-electron chi connectivity index (χ3n) is 3.61. The molecular weight excluding hydrogens is 242 g/mol. The van der Waals surface area contributed by atoms with Gasteiger partial charge in [0.15, 0.2) is 0 Å². The highest BCUT2D eigenvalue weighted by molar-refractivity contribution is 5.66. The van der Waals surface area contributed by atoms with Gasteiger partial charge < -0.3 is 14.9 Å². The summed E-state index contributed by atoms with van der Waals surface area (Å²) in [5.41, 5.74) is 1.57. The summed E-state index contributed by atoms with van der Waals surface area (Å²) in [6.07, 6.45) is 3.55. The first-order chi connectivity index (χ1) is 8.84. The lowest BCUT2D eigenvalue weighted by Gasteiger charge is -2.48. The fourth-order valence-electron chi connectivity index (χ4n) is 2.84. The monoisotopic (exact) mass is 261 g/mol. The normalized spacial score (nSPS) is 23.2. The van der Waals surface area contributed by atoms with Gasteiger partial charge in [-0.15, -0.1) is 0 Å². The number of amides is 1. The SMILES string of the molecule is CC(C)(C)N1C(C#N)=CC=C2CN(C(=O)O)CCC21. The van der Waals surface area contributed by atoms with E-state index in [0.29, 0.717) is 18.8 Å². The van der Waals surface area contributed by atoms with E-state index in [4.69, 9.17) is 5.11 Å². The molecule has 2 rings (SSSR count). The van der Waals surface area contributed by atoms with E-state index in [0.717, 1.165) is 12.0 Å². The minimum absolute atomic E-state index is 0.134. The van der Waals surface area contributed by atoms with Gasteiger partial charge in [0.05, 0.1) is 6.04 Å². The van der Waals surface area contributed by atoms with Gasteiger partial charge in [0, 0.05) is 18.6 Å². The molecule has 1 N–H and O–H groups in total. The molecule has 2 aliphatic heterocycles. The number of carbonyl (C=O) groups is 1. The molecule has 0 aromatic heterocycles. The van der Waals surface area contributed by atoms with Crippen LogP contribution in [0.15, 0.2) is 23.4 Å². The predicted molar refractivity (Wildman–Crippen MR) is 71.4 cm³/mol. The second kappa shape index (κ2) is 4.61. The third kappa shape index (κ3) is 2.43. The number of likely N-dealkylation sites (tertiary alicyclic amines) is 1. The van der Waals surface area contributed by atoms with E-state index in [-0.39, 0.29) is 11.6 Å². The number of carboxylic acid groups (broad SMARTS) is 1. The molecular formula is C14H19N3O2. The first-order valence-corrected chi connectivity index (χ1v) is 6.42. The van der Waals surface area contributed by atoms with Crippen LogP contribution in [0.2, 0.25) is 0 Å². The molecule has 1 fully saturated rings. The summed E-state index contributed by atoms with van der Waals surface area (Å²) in [4.78, 5) is 14.6. The molecule has 19 heavy (non-hydrogen) atoms. The van der Waals surface area contributed by atoms with Gasteiger partial charge >= 0.3 is 6.09 Å². The molecule has 0 aromatic carbocycles. The van der Waals surface area contributed by atoms with Crippen molar-refractivity contribution in [1.82, 2.24) is 9.80 Å². The van der Waals surface area contributed by atoms with E-state index < -0.39 is 6.09 Å². The van der Waals surface area contributed by atoms with Crippen LogP contribution in [0.1, 0.15) is 27.2 Å². The van der Waals surface area contributed by atoms with Crippen molar-refractivity contribution in [3.63, 3.8) is 0 Å². The average molecular weight is 261 g/mol. The Bertz CT molecular complexity index is 494. The summed E-state index contributed by atoms with van der Waals surface area (Å²) in [6.45, 7) is 7.17. The van der Waals surface area contributed by atoms with Crippen molar-refractivity contribution < 1.29 is 9.90 Å². The number of fused-ring (bicyclic) bond motifs is 1. The van der Waals surface area contributed by atoms with Crippen LogP contribution in [-0.2, 0) is 0 Å². The largest absolute Gasteiger partial charge is 0.465 e. The zero-order valence-electron chi connectivity index (χ0n) is 11.6. The van der Waals surface area contributed by atoms with Crippen LogP contribution in [0.3, 0.4) is 0 Å². The number of nitriles is 1. The minimum Gasteiger partial charge on any atom is -0.465 e. The van der Waals surface area contributed by atoms with Crippen molar-refractivity contribution in [1.29, 1.82) is 5.26 Å². The minimum atomic E-state index is -0.878. The smallest absolute Gasteiger partial charge is 0.407 e. The van der Waals surface area contributed by atoms with Crippen LogP contribution in [0.5, 0.6) is 0 Å². The molecule has 0 saturated carbocycles. The van der Waals surface area contributed by atoms with Crippen LogP contribution >= 0.6 is 0 Å². The van der Waals surface area contributed by atoms with Crippen molar-refractivity contribution in [3.05, 3.63) is 23.4 Å². The fourth-order valence-corrected chi connectivity index (χ4v) is 2.84. The summed E-state index contributed by atoms with van der Waals surface area (Å²) in [5.74, 6) is 0. The van der Waals surface area contributed by atoms with Crippen LogP contribution in [0.4, 0.5) is 4.79 Å². The molecule has 2 aliphatic rings. The number of piperidine rings is 1. The lowest BCUT2D eigenvalue weighted by molar-refractivity contribution is 0.0988. The van der Waals surface area contributed by atoms with E-state index in [1.807, 2.05) is 6.08 Å². The van der Waals surface area contributed by atoms with Gasteiger partial charge in [0.25, 0.3) is 0 Å². The second-order valence-corrected chi connectivity index (χ2v) is 5.95. The first-order valence-electron chi connectivity index (χ1n) is 6.42. The van der Waals surface area contributed by atoms with Gasteiger partial charge in [-0.05, 0) is 38.8 Å². The summed E-state index contributed by atoms with van der Waals surface area (Å²) in [6, 6.07) is 2.37. The predicted octanol–water partition coefficient (Wildman–Crippen LogP) is 2.19. The van der Waals surface area contributed by atoms with Crippen molar-refractivity contribution in [2.45, 2.75) is 38.8 Å². The molecule has 0 bridgehead atoms. The molecule has 1 unspecified atom stereocenters. The highest BCUT2D eigenvalue weighted by Gasteiger charge is 2.38. The highest BCUT2D eigenvalue weighted by atomic mass is 16.4. The van der Waals surface area contributed by atoms with Crippen LogP contribution in [-0.4, -0.2) is 45.7 Å². The van der Waals surface area contributed by atoms with Crippen molar-refractivity contribution in [2.24, 2.45) is 0 Å². The van der Waals surface area contributed by atoms with Crippen LogP contribution in [0, 0.1) is 11.3 Å². The molecule has 2 heterocycles. The second-order valence-electron chi connectivity index (χ2n) is 5.95. The van der Waals surface area contributed by atoms with E-state index in [1.54, 1.807) is 6.08 Å². The van der Waals surface area contributed by atoms with Gasteiger partial charge in [0.2, 0.25) is 0 Å². The number of hydrogen-bond donors (Lipinski definition) is 1. The van der Waals surface area contributed by atoms with E-state index in [9.17, 15) is 10.1 Å². The van der Waals surface area contributed by atoms with Crippen LogP contribution < -0.4 is 0 Å². The Morgan fingerprint density at radius 1 is 1.47 bits per heavy atom. The van der Waals surface area contributed by atoms with Gasteiger partial charge in [-0.1, -0.05) is 6.08 Å². The zero-order valence-corrected chi connectivity index (χ0v) is 11.6. The Morgan fingerprint density at radius 3 is 2.68 bits per heavy atom. The Labute approximate surface area is 113 Å². The average Bonchev–Trinajstić information content (AvgIpc) is 2.35. The number of rotatable bonds is 0. The van der Waals surface area contributed by atoms with Crippen molar-refractivity contribution in [2.75, 3.05) is 13.1 Å². The molecule has 0 aliphatic carbocycles. The summed E-state index contributed by atoms with van der Waals surface area (Å²) in [5, 5.41) is 18.3. The van der Waals surface area contributed by atoms with E-state index >= 15 is 0 Å². The zero-order chi connectivity index (χ0) is 14.2. The lowest BCUT2D eigenvalue weighted by Crippen LogP contribution is -2.54. The molecule has 0 aromatic rings. The number of hydrogen-bond acceptors (Lipinski definition) is 3. The van der Waals surface area contributed by atoms with Gasteiger partial charge in [0.1, 0.15) is 11.8 Å². The number of allylic oxidation sites excluding steroid dienone is 3. The molecule has 0 spiro atoms. The summed E-state index contributed by atoms with van der Waals surface area (Å²) < 4.78 is 0. The third-order valence-corrected chi connectivity index (χ3v) is 3.61. The molecule has 5 heteroatoms. The Kier molecular flexibility index (Phi) is 3.27. The highest BCUT2D eigenvalue weighted by Crippen LogP contribution is 2.34. The van der Waals surface area contributed by atoms with Crippen molar-refractivity contribution >= 4 is 6.09 Å².